The van der Waals surface area contributed by atoms with Crippen molar-refractivity contribution in [2.75, 3.05) is 6.61 Å². The van der Waals surface area contributed by atoms with Gasteiger partial charge in [0.15, 0.2) is 0 Å². The number of nitrogens with zero attached hydrogens (tertiary/aromatic N) is 1. The van der Waals surface area contributed by atoms with Gasteiger partial charge in [-0.05, 0) is 29.8 Å². The Morgan fingerprint density at radius 2 is 2.00 bits per heavy atom. The van der Waals surface area contributed by atoms with Crippen LogP contribution >= 0.6 is 15.9 Å². The molecular formula is C14H13BrN2O. The summed E-state index contributed by atoms with van der Waals surface area (Å²) < 4.78 is 6.66. The summed E-state index contributed by atoms with van der Waals surface area (Å²) in [6, 6.07) is 11.9. The highest BCUT2D eigenvalue weighted by Crippen LogP contribution is 2.38. The van der Waals surface area contributed by atoms with E-state index in [1.54, 1.807) is 6.20 Å². The zero-order chi connectivity index (χ0) is 12.6. The normalized spacial score (nSPS) is 22.1. The van der Waals surface area contributed by atoms with E-state index < -0.39 is 5.54 Å². The fourth-order valence-corrected chi connectivity index (χ4v) is 2.58. The maximum absolute atomic E-state index is 6.58. The zero-order valence-electron chi connectivity index (χ0n) is 9.77. The monoisotopic (exact) mass is 304 g/mol. The topological polar surface area (TPSA) is 48.1 Å². The zero-order valence-corrected chi connectivity index (χ0v) is 11.4. The number of aromatic nitrogens is 1. The van der Waals surface area contributed by atoms with E-state index in [1.165, 1.54) is 0 Å². The number of fused-ring (bicyclic) bond motifs is 1. The van der Waals surface area contributed by atoms with Crippen molar-refractivity contribution < 1.29 is 4.74 Å². The second kappa shape index (κ2) is 4.37. The van der Waals surface area contributed by atoms with Gasteiger partial charge in [0, 0.05) is 17.1 Å². The molecule has 1 unspecified atom stereocenters. The van der Waals surface area contributed by atoms with Gasteiger partial charge in [-0.1, -0.05) is 28.1 Å². The van der Waals surface area contributed by atoms with E-state index in [-0.39, 0.29) is 0 Å². The van der Waals surface area contributed by atoms with Crippen molar-refractivity contribution in [1.82, 2.24) is 4.98 Å². The van der Waals surface area contributed by atoms with Gasteiger partial charge in [0.25, 0.3) is 0 Å². The average Bonchev–Trinajstić information content (AvgIpc) is 2.40. The quantitative estimate of drug-likeness (QED) is 0.881. The molecule has 2 aromatic rings. The number of halogens is 1. The van der Waals surface area contributed by atoms with Crippen molar-refractivity contribution in [3.63, 3.8) is 0 Å². The van der Waals surface area contributed by atoms with Gasteiger partial charge in [0.1, 0.15) is 11.4 Å². The molecule has 0 spiro atoms. The van der Waals surface area contributed by atoms with E-state index in [9.17, 15) is 0 Å². The fraction of sp³-hybridized carbons (Fsp3) is 0.214. The molecule has 2 heterocycles. The number of rotatable bonds is 1. The lowest BCUT2D eigenvalue weighted by atomic mass is 9.83. The summed E-state index contributed by atoms with van der Waals surface area (Å²) in [6.07, 6.45) is 2.49. The SMILES string of the molecule is NC1(c2ccc(Br)cc2)CCOc2cccnc21. The van der Waals surface area contributed by atoms with E-state index in [0.29, 0.717) is 6.61 Å². The molecule has 0 aliphatic carbocycles. The third kappa shape index (κ3) is 1.82. The van der Waals surface area contributed by atoms with Crippen LogP contribution in [0.25, 0.3) is 0 Å². The highest BCUT2D eigenvalue weighted by Gasteiger charge is 2.36. The molecule has 0 radical (unpaired) electrons. The average molecular weight is 305 g/mol. The molecule has 3 rings (SSSR count). The van der Waals surface area contributed by atoms with Crippen LogP contribution in [-0.4, -0.2) is 11.6 Å². The third-order valence-electron chi connectivity index (χ3n) is 3.31. The minimum atomic E-state index is -0.560. The number of ether oxygens (including phenoxy) is 1. The van der Waals surface area contributed by atoms with Gasteiger partial charge in [-0.15, -0.1) is 0 Å². The summed E-state index contributed by atoms with van der Waals surface area (Å²) in [5, 5.41) is 0. The molecule has 0 amide bonds. The summed E-state index contributed by atoms with van der Waals surface area (Å²) in [5.41, 5.74) is 7.91. The summed E-state index contributed by atoms with van der Waals surface area (Å²) in [7, 11) is 0. The lowest BCUT2D eigenvalue weighted by Crippen LogP contribution is -2.43. The number of hydrogen-bond acceptors (Lipinski definition) is 3. The van der Waals surface area contributed by atoms with Gasteiger partial charge in [0.05, 0.1) is 12.1 Å². The van der Waals surface area contributed by atoms with Crippen molar-refractivity contribution in [1.29, 1.82) is 0 Å². The Morgan fingerprint density at radius 3 is 2.78 bits per heavy atom. The summed E-state index contributed by atoms with van der Waals surface area (Å²) in [5.74, 6) is 0.786. The van der Waals surface area contributed by atoms with Crippen LogP contribution < -0.4 is 10.5 Å². The Balaban J connectivity index is 2.13. The number of benzene rings is 1. The molecule has 0 bridgehead atoms. The molecule has 0 saturated heterocycles. The van der Waals surface area contributed by atoms with Crippen LogP contribution in [0.3, 0.4) is 0 Å². The molecule has 0 saturated carbocycles. The molecule has 0 fully saturated rings. The predicted octanol–water partition coefficient (Wildman–Crippen LogP) is 2.83. The van der Waals surface area contributed by atoms with Crippen LogP contribution in [0, 0.1) is 0 Å². The smallest absolute Gasteiger partial charge is 0.143 e. The molecule has 1 aromatic carbocycles. The van der Waals surface area contributed by atoms with Crippen LogP contribution in [0.5, 0.6) is 5.75 Å². The second-order valence-corrected chi connectivity index (χ2v) is 5.34. The van der Waals surface area contributed by atoms with Crippen LogP contribution in [0.15, 0.2) is 47.1 Å². The van der Waals surface area contributed by atoms with Crippen LogP contribution in [0.1, 0.15) is 17.7 Å². The minimum Gasteiger partial charge on any atom is -0.491 e. The molecule has 18 heavy (non-hydrogen) atoms. The number of pyridine rings is 1. The number of nitrogens with two attached hydrogens (primary N) is 1. The largest absolute Gasteiger partial charge is 0.491 e. The van der Waals surface area contributed by atoms with E-state index in [1.807, 2.05) is 36.4 Å². The lowest BCUT2D eigenvalue weighted by Gasteiger charge is -2.34. The molecule has 1 atom stereocenters. The summed E-state index contributed by atoms with van der Waals surface area (Å²) in [6.45, 7) is 0.616. The summed E-state index contributed by atoms with van der Waals surface area (Å²) >= 11 is 3.44. The van der Waals surface area contributed by atoms with Crippen LogP contribution in [0.2, 0.25) is 0 Å². The fourth-order valence-electron chi connectivity index (χ4n) is 2.31. The molecule has 1 aromatic heterocycles. The van der Waals surface area contributed by atoms with Crippen molar-refractivity contribution in [2.24, 2.45) is 5.73 Å². The van der Waals surface area contributed by atoms with Gasteiger partial charge < -0.3 is 10.5 Å². The standard InChI is InChI=1S/C14H13BrN2O/c15-11-5-3-10(4-6-11)14(16)7-9-18-12-2-1-8-17-13(12)14/h1-6,8H,7,9,16H2. The number of hydrogen-bond donors (Lipinski definition) is 1. The Hall–Kier alpha value is -1.39. The Bertz CT molecular complexity index is 570. The van der Waals surface area contributed by atoms with Crippen LogP contribution in [-0.2, 0) is 5.54 Å². The second-order valence-electron chi connectivity index (χ2n) is 4.43. The molecule has 1 aliphatic rings. The highest BCUT2D eigenvalue weighted by atomic mass is 79.9. The maximum Gasteiger partial charge on any atom is 0.143 e. The van der Waals surface area contributed by atoms with Crippen LogP contribution in [0.4, 0.5) is 0 Å². The third-order valence-corrected chi connectivity index (χ3v) is 3.84. The van der Waals surface area contributed by atoms with Gasteiger partial charge >= 0.3 is 0 Å². The first-order valence-corrected chi connectivity index (χ1v) is 6.63. The van der Waals surface area contributed by atoms with E-state index in [0.717, 1.165) is 27.9 Å². The first-order chi connectivity index (χ1) is 8.70. The van der Waals surface area contributed by atoms with E-state index >= 15 is 0 Å². The molecule has 1 aliphatic heterocycles. The maximum atomic E-state index is 6.58. The Labute approximate surface area is 114 Å². The first kappa shape index (κ1) is 11.7. The van der Waals surface area contributed by atoms with Crippen molar-refractivity contribution in [3.8, 4) is 5.75 Å². The molecular weight excluding hydrogens is 292 g/mol. The highest BCUT2D eigenvalue weighted by molar-refractivity contribution is 9.10. The Morgan fingerprint density at radius 1 is 1.22 bits per heavy atom. The van der Waals surface area contributed by atoms with Crippen molar-refractivity contribution >= 4 is 15.9 Å². The van der Waals surface area contributed by atoms with E-state index in [2.05, 4.69) is 20.9 Å². The molecule has 2 N–H and O–H groups in total. The van der Waals surface area contributed by atoms with Gasteiger partial charge in [-0.25, -0.2) is 0 Å². The Kier molecular flexibility index (Phi) is 2.84. The molecule has 92 valence electrons. The molecule has 4 heteroatoms. The van der Waals surface area contributed by atoms with Crippen molar-refractivity contribution in [3.05, 3.63) is 58.3 Å². The predicted molar refractivity (Wildman–Crippen MR) is 73.5 cm³/mol. The first-order valence-electron chi connectivity index (χ1n) is 5.83. The van der Waals surface area contributed by atoms with Gasteiger partial charge in [0.2, 0.25) is 0 Å². The van der Waals surface area contributed by atoms with Crippen molar-refractivity contribution in [2.45, 2.75) is 12.0 Å². The van der Waals surface area contributed by atoms with Gasteiger partial charge in [-0.2, -0.15) is 0 Å². The lowest BCUT2D eigenvalue weighted by molar-refractivity contribution is 0.232. The minimum absolute atomic E-state index is 0.560. The van der Waals surface area contributed by atoms with E-state index in [4.69, 9.17) is 10.5 Å². The molecule has 3 nitrogen and oxygen atoms in total. The summed E-state index contributed by atoms with van der Waals surface area (Å²) in [4.78, 5) is 4.41. The van der Waals surface area contributed by atoms with Gasteiger partial charge in [-0.3, -0.25) is 4.98 Å².